The fourth-order valence-corrected chi connectivity index (χ4v) is 3.07. The van der Waals surface area contributed by atoms with E-state index >= 15 is 0 Å². The van der Waals surface area contributed by atoms with Gasteiger partial charge in [-0.15, -0.1) is 10.2 Å². The summed E-state index contributed by atoms with van der Waals surface area (Å²) in [6, 6.07) is 6.13. The Labute approximate surface area is 126 Å². The third-order valence-electron chi connectivity index (χ3n) is 4.18. The number of nitrogens with zero attached hydrogens (tertiary/aromatic N) is 4. The van der Waals surface area contributed by atoms with Crippen LogP contribution in [0.2, 0.25) is 0 Å². The van der Waals surface area contributed by atoms with Crippen molar-refractivity contribution in [3.63, 3.8) is 0 Å². The summed E-state index contributed by atoms with van der Waals surface area (Å²) in [5.41, 5.74) is 7.29. The number of carbonyl (C=O) groups excluding carboxylic acids is 1. The van der Waals surface area contributed by atoms with Gasteiger partial charge in [0.05, 0.1) is 0 Å². The van der Waals surface area contributed by atoms with E-state index in [2.05, 4.69) is 10.2 Å². The number of rotatable bonds is 1. The highest BCUT2D eigenvalue weighted by molar-refractivity contribution is 6.14. The predicted octanol–water partition coefficient (Wildman–Crippen LogP) is -1.49. The maximum absolute atomic E-state index is 12.2. The van der Waals surface area contributed by atoms with Crippen molar-refractivity contribution in [1.82, 2.24) is 9.80 Å². The highest BCUT2D eigenvalue weighted by atomic mass is 16.4. The van der Waals surface area contributed by atoms with E-state index in [4.69, 9.17) is 11.5 Å². The first kappa shape index (κ1) is 14.3. The maximum Gasteiger partial charge on any atom is 0.324 e. The van der Waals surface area contributed by atoms with Crippen molar-refractivity contribution >= 4 is 17.7 Å². The molecule has 22 heavy (non-hydrogen) atoms. The molecule has 2 unspecified atom stereocenters. The lowest BCUT2D eigenvalue weighted by Crippen LogP contribution is -2.59. The Morgan fingerprint density at radius 1 is 1.14 bits per heavy atom. The number of hydrogen-bond donors (Lipinski definition) is 4. The summed E-state index contributed by atoms with van der Waals surface area (Å²) in [6.07, 6.45) is 0. The number of amides is 2. The molecule has 2 amide bonds. The van der Waals surface area contributed by atoms with Gasteiger partial charge in [0.25, 0.3) is 0 Å². The van der Waals surface area contributed by atoms with Crippen LogP contribution < -0.4 is 11.5 Å². The van der Waals surface area contributed by atoms with E-state index in [1.54, 1.807) is 24.3 Å². The molecule has 9 heteroatoms. The molecule has 9 nitrogen and oxygen atoms in total. The van der Waals surface area contributed by atoms with Crippen LogP contribution >= 0.6 is 0 Å². The van der Waals surface area contributed by atoms with Gasteiger partial charge in [-0.2, -0.15) is 0 Å². The van der Waals surface area contributed by atoms with Crippen LogP contribution in [-0.2, 0) is 5.72 Å². The fraction of sp³-hybridized carbons (Fsp3) is 0.308. The number of hydrogen-bond acceptors (Lipinski definition) is 5. The van der Waals surface area contributed by atoms with E-state index in [0.29, 0.717) is 11.1 Å². The minimum Gasteiger partial charge on any atom is -0.369 e. The average molecular weight is 304 g/mol. The van der Waals surface area contributed by atoms with Gasteiger partial charge in [-0.3, -0.25) is 9.80 Å². The highest BCUT2D eigenvalue weighted by Gasteiger charge is 2.72. The molecule has 0 radical (unpaired) electrons. The Balaban J connectivity index is 2.36. The van der Waals surface area contributed by atoms with Crippen molar-refractivity contribution < 1.29 is 15.0 Å². The first-order valence-corrected chi connectivity index (χ1v) is 6.49. The molecule has 1 heterocycles. The standard InChI is InChI=1S/C13H16N6O3/c1-18-11(20)19(2)13(22)9(16-17-10(14)15)7-5-3-4-6-8(7)12(13,18)21/h3-6,21-22H,1-2H3,(H4,14,15,17)/b16-9+. The molecule has 0 spiro atoms. The Morgan fingerprint density at radius 2 is 1.73 bits per heavy atom. The van der Waals surface area contributed by atoms with Gasteiger partial charge in [0.1, 0.15) is 5.71 Å². The molecule has 2 aliphatic rings. The van der Waals surface area contributed by atoms with Crippen LogP contribution in [0.3, 0.4) is 0 Å². The summed E-state index contributed by atoms with van der Waals surface area (Å²) >= 11 is 0. The first-order valence-electron chi connectivity index (χ1n) is 6.49. The smallest absolute Gasteiger partial charge is 0.324 e. The van der Waals surface area contributed by atoms with Gasteiger partial charge in [0, 0.05) is 25.2 Å². The molecule has 3 rings (SSSR count). The third-order valence-corrected chi connectivity index (χ3v) is 4.18. The Morgan fingerprint density at radius 3 is 2.36 bits per heavy atom. The first-order chi connectivity index (χ1) is 10.3. The molecule has 1 aliphatic carbocycles. The maximum atomic E-state index is 12.2. The van der Waals surface area contributed by atoms with E-state index in [1.807, 2.05) is 0 Å². The van der Waals surface area contributed by atoms with Crippen molar-refractivity contribution in [2.75, 3.05) is 14.1 Å². The number of fused-ring (bicyclic) bond motifs is 3. The minimum atomic E-state index is -2.10. The summed E-state index contributed by atoms with van der Waals surface area (Å²) in [4.78, 5) is 14.3. The second-order valence-corrected chi connectivity index (χ2v) is 5.26. The molecule has 2 atom stereocenters. The molecule has 0 aromatic heterocycles. The monoisotopic (exact) mass is 304 g/mol. The lowest BCUT2D eigenvalue weighted by molar-refractivity contribution is -0.184. The number of nitrogens with two attached hydrogens (primary N) is 2. The van der Waals surface area contributed by atoms with Gasteiger partial charge >= 0.3 is 6.03 Å². The zero-order valence-electron chi connectivity index (χ0n) is 12.1. The van der Waals surface area contributed by atoms with E-state index in [-0.39, 0.29) is 11.7 Å². The van der Waals surface area contributed by atoms with Crippen LogP contribution in [0.1, 0.15) is 11.1 Å². The number of benzene rings is 1. The molecular formula is C13H16N6O3. The fourth-order valence-electron chi connectivity index (χ4n) is 3.07. The van der Waals surface area contributed by atoms with Gasteiger partial charge in [-0.25, -0.2) is 4.79 Å². The summed E-state index contributed by atoms with van der Waals surface area (Å²) in [5, 5.41) is 29.7. The highest BCUT2D eigenvalue weighted by Crippen LogP contribution is 2.52. The van der Waals surface area contributed by atoms with E-state index in [0.717, 1.165) is 9.80 Å². The summed E-state index contributed by atoms with van der Waals surface area (Å²) in [6.45, 7) is 0. The van der Waals surface area contributed by atoms with Crippen molar-refractivity contribution in [2.45, 2.75) is 11.4 Å². The molecule has 1 aromatic rings. The molecule has 1 aliphatic heterocycles. The van der Waals surface area contributed by atoms with E-state index in [9.17, 15) is 15.0 Å². The molecule has 1 fully saturated rings. The van der Waals surface area contributed by atoms with Crippen molar-refractivity contribution in [3.8, 4) is 0 Å². The number of urea groups is 1. The SMILES string of the molecule is CN1C(=O)N(C)C2(O)c3ccccc3/C(=N\N=C(N)N)C12O. The molecule has 116 valence electrons. The van der Waals surface area contributed by atoms with Crippen LogP contribution in [0.4, 0.5) is 4.79 Å². The lowest BCUT2D eigenvalue weighted by Gasteiger charge is -2.35. The van der Waals surface area contributed by atoms with Crippen LogP contribution in [0.15, 0.2) is 34.5 Å². The van der Waals surface area contributed by atoms with Crippen LogP contribution in [0, 0.1) is 0 Å². The normalized spacial score (nSPS) is 31.5. The van der Waals surface area contributed by atoms with Crippen molar-refractivity contribution in [2.24, 2.45) is 21.7 Å². The molecular weight excluding hydrogens is 288 g/mol. The Hall–Kier alpha value is -2.65. The molecule has 0 bridgehead atoms. The zero-order valence-corrected chi connectivity index (χ0v) is 12.1. The van der Waals surface area contributed by atoms with Gasteiger partial charge in [0.2, 0.25) is 17.4 Å². The Bertz CT molecular complexity index is 728. The van der Waals surface area contributed by atoms with E-state index in [1.165, 1.54) is 14.1 Å². The van der Waals surface area contributed by atoms with Crippen molar-refractivity contribution in [3.05, 3.63) is 35.4 Å². The second-order valence-electron chi connectivity index (χ2n) is 5.26. The molecule has 1 saturated heterocycles. The quantitative estimate of drug-likeness (QED) is 0.284. The van der Waals surface area contributed by atoms with E-state index < -0.39 is 17.5 Å². The lowest BCUT2D eigenvalue weighted by atomic mass is 9.99. The number of likely N-dealkylation sites (N-methyl/N-ethyl adjacent to an activating group) is 2. The largest absolute Gasteiger partial charge is 0.369 e. The van der Waals surface area contributed by atoms with Gasteiger partial charge in [-0.05, 0) is 0 Å². The van der Waals surface area contributed by atoms with Crippen LogP contribution in [0.5, 0.6) is 0 Å². The molecule has 1 aromatic carbocycles. The number of aliphatic hydroxyl groups is 2. The number of carbonyl (C=O) groups is 1. The number of guanidine groups is 1. The predicted molar refractivity (Wildman–Crippen MR) is 78.6 cm³/mol. The zero-order chi connectivity index (χ0) is 16.3. The Kier molecular flexibility index (Phi) is 2.72. The van der Waals surface area contributed by atoms with Gasteiger partial charge in [-0.1, -0.05) is 24.3 Å². The molecule has 6 N–H and O–H groups in total. The summed E-state index contributed by atoms with van der Waals surface area (Å²) in [7, 11) is 2.77. The van der Waals surface area contributed by atoms with Crippen molar-refractivity contribution in [1.29, 1.82) is 0 Å². The summed E-state index contributed by atoms with van der Waals surface area (Å²) in [5.74, 6) is -0.302. The van der Waals surface area contributed by atoms with Crippen LogP contribution in [-0.4, -0.2) is 57.5 Å². The average Bonchev–Trinajstić information content (AvgIpc) is 2.77. The summed E-state index contributed by atoms with van der Waals surface area (Å²) < 4.78 is 0. The van der Waals surface area contributed by atoms with Gasteiger partial charge in [0.15, 0.2) is 0 Å². The third kappa shape index (κ3) is 1.36. The molecule has 0 saturated carbocycles. The second kappa shape index (κ2) is 4.18. The van der Waals surface area contributed by atoms with Gasteiger partial charge < -0.3 is 21.7 Å². The minimum absolute atomic E-state index is 0.000741. The van der Waals surface area contributed by atoms with Crippen LogP contribution in [0.25, 0.3) is 0 Å². The topological polar surface area (TPSA) is 141 Å².